The first kappa shape index (κ1) is 64.9. The first-order chi connectivity index (χ1) is 32.9. The van der Waals surface area contributed by atoms with Crippen LogP contribution >= 0.6 is 0 Å². The second kappa shape index (κ2) is 53.3. The third-order valence-corrected chi connectivity index (χ3v) is 10.8. The largest absolute Gasteiger partial charge is 0.481 e. The number of hydrogen-bond donors (Lipinski definition) is 4. The molecule has 0 radical (unpaired) electrons. The average Bonchev–Trinajstić information content (AvgIpc) is 3.31. The molecule has 0 aliphatic carbocycles. The number of ether oxygens (including phenoxy) is 11. The van der Waals surface area contributed by atoms with Crippen molar-refractivity contribution >= 4 is 17.8 Å². The van der Waals surface area contributed by atoms with E-state index in [-0.39, 0.29) is 19.6 Å². The fraction of sp³-hybridized carbons (Fsp3) is 0.939. The maximum Gasteiger partial charge on any atom is 0.319 e. The van der Waals surface area contributed by atoms with Gasteiger partial charge in [0.05, 0.1) is 145 Å². The number of hydrogen-bond acceptors (Lipinski definition) is 15. The summed E-state index contributed by atoms with van der Waals surface area (Å²) in [5.41, 5.74) is 3.90. The van der Waals surface area contributed by atoms with Gasteiger partial charge in [-0.25, -0.2) is 0 Å². The molecule has 5 N–H and O–H groups in total. The maximum absolute atomic E-state index is 13.5. The van der Waals surface area contributed by atoms with Crippen molar-refractivity contribution in [2.24, 2.45) is 11.1 Å². The summed E-state index contributed by atoms with van der Waals surface area (Å²) in [7, 11) is 0. The Morgan fingerprint density at radius 1 is 0.388 bits per heavy atom. The van der Waals surface area contributed by atoms with Crippen molar-refractivity contribution in [3.8, 4) is 0 Å². The third kappa shape index (κ3) is 46.1. The molecule has 0 bridgehead atoms. The molecule has 0 heterocycles. The minimum absolute atomic E-state index is 0.215. The van der Waals surface area contributed by atoms with Gasteiger partial charge in [-0.2, -0.15) is 0 Å². The van der Waals surface area contributed by atoms with Crippen molar-refractivity contribution in [1.29, 1.82) is 0 Å². The van der Waals surface area contributed by atoms with Crippen molar-refractivity contribution in [2.75, 3.05) is 158 Å². The smallest absolute Gasteiger partial charge is 0.319 e. The van der Waals surface area contributed by atoms with E-state index < -0.39 is 23.3 Å². The number of carboxylic acid groups (broad SMARTS) is 2. The first-order valence-corrected chi connectivity index (χ1v) is 25.7. The maximum atomic E-state index is 13.5. The first-order valence-electron chi connectivity index (χ1n) is 25.7. The summed E-state index contributed by atoms with van der Waals surface area (Å²) < 4.78 is 60.3. The zero-order chi connectivity index (χ0) is 48.8. The average molecular weight is 969 g/mol. The topological polar surface area (TPSA) is 231 Å². The molecule has 0 spiro atoms. The quantitative estimate of drug-likeness (QED) is 0.0391. The molecule has 1 unspecified atom stereocenters. The fourth-order valence-electron chi connectivity index (χ4n) is 6.95. The van der Waals surface area contributed by atoms with Gasteiger partial charge in [0.25, 0.3) is 0 Å². The lowest BCUT2D eigenvalue weighted by molar-refractivity contribution is -0.157. The van der Waals surface area contributed by atoms with Crippen LogP contribution in [0.25, 0.3) is 0 Å². The van der Waals surface area contributed by atoms with Crippen LogP contribution in [0.1, 0.15) is 135 Å². The van der Waals surface area contributed by atoms with Gasteiger partial charge in [-0.1, -0.05) is 110 Å². The fourth-order valence-corrected chi connectivity index (χ4v) is 6.95. The van der Waals surface area contributed by atoms with Gasteiger partial charge in [0.1, 0.15) is 5.41 Å². The Hall–Kier alpha value is -2.07. The van der Waals surface area contributed by atoms with Gasteiger partial charge in [0, 0.05) is 19.5 Å². The minimum Gasteiger partial charge on any atom is -0.481 e. The van der Waals surface area contributed by atoms with Crippen LogP contribution in [0.4, 0.5) is 0 Å². The number of nitrogens with one attached hydrogen (secondary N) is 1. The van der Waals surface area contributed by atoms with Gasteiger partial charge < -0.3 is 73.4 Å². The summed E-state index contributed by atoms with van der Waals surface area (Å²) in [6.45, 7) is 13.1. The van der Waals surface area contributed by atoms with Crippen molar-refractivity contribution < 1.29 is 76.7 Å². The van der Waals surface area contributed by atoms with Crippen molar-refractivity contribution in [3.05, 3.63) is 0 Å². The molecule has 0 aromatic heterocycles. The summed E-state index contributed by atoms with van der Waals surface area (Å²) in [5.74, 6) is -2.22. The van der Waals surface area contributed by atoms with Crippen molar-refractivity contribution in [1.82, 2.24) is 5.32 Å². The van der Waals surface area contributed by atoms with E-state index in [9.17, 15) is 19.5 Å². The number of unbranched alkanes of at least 4 members (excludes halogenated alkanes) is 15. The predicted molar refractivity (Wildman–Crippen MR) is 257 cm³/mol. The van der Waals surface area contributed by atoms with E-state index in [4.69, 9.17) is 62.9 Å². The molecule has 1 amide bonds. The Morgan fingerprint density at radius 2 is 0.657 bits per heavy atom. The Kier molecular flexibility index (Phi) is 51.6. The molecule has 18 nitrogen and oxygen atoms in total. The van der Waals surface area contributed by atoms with Gasteiger partial charge in [-0.3, -0.25) is 14.4 Å². The summed E-state index contributed by atoms with van der Waals surface area (Å²) in [4.78, 5) is 36.9. The van der Waals surface area contributed by atoms with Gasteiger partial charge >= 0.3 is 11.9 Å². The van der Waals surface area contributed by atoms with Crippen molar-refractivity contribution in [2.45, 2.75) is 135 Å². The second-order valence-corrected chi connectivity index (χ2v) is 16.5. The highest BCUT2D eigenvalue weighted by Gasteiger charge is 2.44. The van der Waals surface area contributed by atoms with Crippen molar-refractivity contribution in [3.63, 3.8) is 0 Å². The normalized spacial score (nSPS) is 12.4. The van der Waals surface area contributed by atoms with E-state index in [2.05, 4.69) is 12.2 Å². The van der Waals surface area contributed by atoms with E-state index in [1.54, 1.807) is 0 Å². The molecule has 0 saturated heterocycles. The van der Waals surface area contributed by atoms with Gasteiger partial charge in [0.2, 0.25) is 5.91 Å². The minimum atomic E-state index is -1.44. The molecule has 0 saturated carbocycles. The van der Waals surface area contributed by atoms with E-state index in [1.807, 2.05) is 0 Å². The van der Waals surface area contributed by atoms with Crippen LogP contribution in [0, 0.1) is 5.41 Å². The van der Waals surface area contributed by atoms with E-state index >= 15 is 0 Å². The number of amides is 1. The van der Waals surface area contributed by atoms with Crippen LogP contribution in [0.5, 0.6) is 0 Å². The summed E-state index contributed by atoms with van der Waals surface area (Å²) in [5, 5.41) is 22.1. The molecule has 398 valence electrons. The summed E-state index contributed by atoms with van der Waals surface area (Å²) in [6, 6.07) is 0. The van der Waals surface area contributed by atoms with E-state index in [1.165, 1.54) is 32.1 Å². The van der Waals surface area contributed by atoms with E-state index in [0.29, 0.717) is 177 Å². The standard InChI is InChI=1S/C49H96N2O16/c1-2-3-4-5-6-8-11-14-17-20-49(48(55)56,21-18-15-12-9-7-10-13-16-19-46(52)53)47(54)51-23-25-58-27-29-60-31-33-62-35-37-64-39-41-66-43-45-67-44-42-65-40-38-63-36-34-61-32-30-59-28-26-57-24-22-50/h2-45,50H2,1H3,(H,51,54)(H,52,53)(H,55,56). The highest BCUT2D eigenvalue weighted by atomic mass is 16.6. The molecule has 0 aromatic carbocycles. The Morgan fingerprint density at radius 3 is 0.940 bits per heavy atom. The Balaban J connectivity index is 3.88. The lowest BCUT2D eigenvalue weighted by atomic mass is 9.76. The highest BCUT2D eigenvalue weighted by Crippen LogP contribution is 2.33. The second-order valence-electron chi connectivity index (χ2n) is 16.5. The molecular weight excluding hydrogens is 873 g/mol. The molecule has 0 aliphatic heterocycles. The van der Waals surface area contributed by atoms with Gasteiger partial charge in [0.15, 0.2) is 0 Å². The monoisotopic (exact) mass is 969 g/mol. The summed E-state index contributed by atoms with van der Waals surface area (Å²) >= 11 is 0. The molecule has 0 aromatic rings. The lowest BCUT2D eigenvalue weighted by Crippen LogP contribution is -2.47. The summed E-state index contributed by atoms with van der Waals surface area (Å²) in [6.07, 6.45) is 18.1. The Labute approximate surface area is 403 Å². The molecule has 0 rings (SSSR count). The zero-order valence-electron chi connectivity index (χ0n) is 41.8. The number of rotatable bonds is 58. The number of nitrogens with two attached hydrogens (primary N) is 1. The van der Waals surface area contributed by atoms with Crippen LogP contribution in [0.3, 0.4) is 0 Å². The third-order valence-electron chi connectivity index (χ3n) is 10.8. The molecule has 67 heavy (non-hydrogen) atoms. The molecular formula is C49H96N2O16. The predicted octanol–water partition coefficient (Wildman–Crippen LogP) is 6.22. The van der Waals surface area contributed by atoms with Crippen LogP contribution in [0.2, 0.25) is 0 Å². The molecule has 0 fully saturated rings. The SMILES string of the molecule is CCCCCCCCCCCC(CCCCCCCCCCC(=O)O)(C(=O)O)C(=O)NCCOCCOCCOCCOCCOCCOCCOCCOCCOCCOCCOCCN. The zero-order valence-corrected chi connectivity index (χ0v) is 41.8. The Bertz CT molecular complexity index is 1060. The lowest BCUT2D eigenvalue weighted by Gasteiger charge is -2.28. The number of carbonyl (C=O) groups excluding carboxylic acids is 1. The highest BCUT2D eigenvalue weighted by molar-refractivity contribution is 6.01. The molecule has 18 heteroatoms. The van der Waals surface area contributed by atoms with Crippen LogP contribution in [-0.2, 0) is 66.5 Å². The van der Waals surface area contributed by atoms with Crippen LogP contribution < -0.4 is 11.1 Å². The number of carbonyl (C=O) groups is 3. The van der Waals surface area contributed by atoms with E-state index in [0.717, 1.165) is 57.8 Å². The van der Waals surface area contributed by atoms with Crippen LogP contribution in [-0.4, -0.2) is 186 Å². The number of carboxylic acids is 2. The van der Waals surface area contributed by atoms with Crippen LogP contribution in [0.15, 0.2) is 0 Å². The number of aliphatic carboxylic acids is 2. The van der Waals surface area contributed by atoms with Gasteiger partial charge in [-0.05, 0) is 19.3 Å². The molecule has 1 atom stereocenters. The molecule has 0 aliphatic rings. The van der Waals surface area contributed by atoms with Gasteiger partial charge in [-0.15, -0.1) is 0 Å².